The Morgan fingerprint density at radius 1 is 0.893 bits per heavy atom. The number of hydrogen-bond acceptors (Lipinski definition) is 5. The van der Waals surface area contributed by atoms with Crippen molar-refractivity contribution < 1.29 is 23.9 Å². The van der Waals surface area contributed by atoms with Crippen LogP contribution in [0, 0.1) is 0 Å². The summed E-state index contributed by atoms with van der Waals surface area (Å²) in [6.45, 7) is -0.453. The van der Waals surface area contributed by atoms with E-state index in [1.807, 2.05) is 0 Å². The van der Waals surface area contributed by atoms with Gasteiger partial charge in [0.2, 0.25) is 5.91 Å². The summed E-state index contributed by atoms with van der Waals surface area (Å²) in [4.78, 5) is 35.5. The SMILES string of the molecule is COc1ccc(Cl)cc1NC(=O)CCC(=O)OCC(=O)Nc1ccc(Cl)cc1. The molecule has 2 rings (SSSR count). The van der Waals surface area contributed by atoms with E-state index in [9.17, 15) is 14.4 Å². The van der Waals surface area contributed by atoms with Gasteiger partial charge in [0.15, 0.2) is 6.61 Å². The molecule has 7 nitrogen and oxygen atoms in total. The summed E-state index contributed by atoms with van der Waals surface area (Å²) in [7, 11) is 1.46. The van der Waals surface area contributed by atoms with Crippen LogP contribution in [-0.4, -0.2) is 31.5 Å². The van der Waals surface area contributed by atoms with Gasteiger partial charge in [0.1, 0.15) is 5.75 Å². The third-order valence-electron chi connectivity index (χ3n) is 3.48. The Bertz CT molecular complexity index is 856. The fourth-order valence-corrected chi connectivity index (χ4v) is 2.45. The number of nitrogens with one attached hydrogen (secondary N) is 2. The van der Waals surface area contributed by atoms with Crippen molar-refractivity contribution in [2.24, 2.45) is 0 Å². The molecule has 2 aromatic carbocycles. The van der Waals surface area contributed by atoms with E-state index in [1.165, 1.54) is 13.2 Å². The van der Waals surface area contributed by atoms with Gasteiger partial charge in [0, 0.05) is 22.2 Å². The average molecular weight is 425 g/mol. The molecule has 0 fully saturated rings. The molecular weight excluding hydrogens is 407 g/mol. The van der Waals surface area contributed by atoms with Crippen LogP contribution < -0.4 is 15.4 Å². The summed E-state index contributed by atoms with van der Waals surface area (Å²) in [6, 6.07) is 11.3. The van der Waals surface area contributed by atoms with E-state index in [2.05, 4.69) is 10.6 Å². The fourth-order valence-electron chi connectivity index (χ4n) is 2.15. The number of rotatable bonds is 8. The Kier molecular flexibility index (Phi) is 8.10. The molecular formula is C19H18Cl2N2O5. The molecule has 0 heterocycles. The maximum atomic E-state index is 12.0. The lowest BCUT2D eigenvalue weighted by atomic mass is 10.2. The van der Waals surface area contributed by atoms with Crippen molar-refractivity contribution in [2.75, 3.05) is 24.4 Å². The molecule has 0 saturated heterocycles. The standard InChI is InChI=1S/C19H18Cl2N2O5/c1-27-16-7-4-13(21)10-15(16)23-17(24)8-9-19(26)28-11-18(25)22-14-5-2-12(20)3-6-14/h2-7,10H,8-9,11H2,1H3,(H,22,25)(H,23,24). The van der Waals surface area contributed by atoms with Crippen LogP contribution in [0.15, 0.2) is 42.5 Å². The summed E-state index contributed by atoms with van der Waals surface area (Å²) in [5.41, 5.74) is 0.927. The highest BCUT2D eigenvalue weighted by molar-refractivity contribution is 6.31. The molecule has 0 unspecified atom stereocenters. The first-order valence-electron chi connectivity index (χ1n) is 8.22. The van der Waals surface area contributed by atoms with Crippen LogP contribution in [0.5, 0.6) is 5.75 Å². The zero-order valence-electron chi connectivity index (χ0n) is 15.0. The number of carbonyl (C=O) groups excluding carboxylic acids is 3. The van der Waals surface area contributed by atoms with E-state index in [0.29, 0.717) is 27.2 Å². The molecule has 2 N–H and O–H groups in total. The molecule has 2 amide bonds. The van der Waals surface area contributed by atoms with E-state index in [-0.39, 0.29) is 12.8 Å². The van der Waals surface area contributed by atoms with E-state index in [0.717, 1.165) is 0 Å². The van der Waals surface area contributed by atoms with Gasteiger partial charge in [-0.3, -0.25) is 14.4 Å². The number of carbonyl (C=O) groups is 3. The minimum Gasteiger partial charge on any atom is -0.495 e. The van der Waals surface area contributed by atoms with Crippen LogP contribution >= 0.6 is 23.2 Å². The first-order valence-corrected chi connectivity index (χ1v) is 8.97. The van der Waals surface area contributed by atoms with Crippen LogP contribution in [0.3, 0.4) is 0 Å². The summed E-state index contributed by atoms with van der Waals surface area (Å²) >= 11 is 11.7. The molecule has 28 heavy (non-hydrogen) atoms. The summed E-state index contributed by atoms with van der Waals surface area (Å²) in [5, 5.41) is 6.15. The largest absolute Gasteiger partial charge is 0.495 e. The summed E-state index contributed by atoms with van der Waals surface area (Å²) in [5.74, 6) is -1.13. The van der Waals surface area contributed by atoms with Crippen LogP contribution in [0.1, 0.15) is 12.8 Å². The monoisotopic (exact) mass is 424 g/mol. The van der Waals surface area contributed by atoms with Crippen LogP contribution in [0.4, 0.5) is 11.4 Å². The number of benzene rings is 2. The molecule has 0 aliphatic carbocycles. The lowest BCUT2D eigenvalue weighted by molar-refractivity contribution is -0.147. The van der Waals surface area contributed by atoms with Gasteiger partial charge in [-0.25, -0.2) is 0 Å². The Labute approximate surface area is 171 Å². The molecule has 0 spiro atoms. The molecule has 0 aromatic heterocycles. The highest BCUT2D eigenvalue weighted by Crippen LogP contribution is 2.27. The highest BCUT2D eigenvalue weighted by Gasteiger charge is 2.13. The Hall–Kier alpha value is -2.77. The van der Waals surface area contributed by atoms with Crippen LogP contribution in [-0.2, 0) is 19.1 Å². The third kappa shape index (κ3) is 7.09. The van der Waals surface area contributed by atoms with Crippen molar-refractivity contribution in [2.45, 2.75) is 12.8 Å². The van der Waals surface area contributed by atoms with Crippen molar-refractivity contribution in [3.63, 3.8) is 0 Å². The van der Waals surface area contributed by atoms with Crippen molar-refractivity contribution in [1.29, 1.82) is 0 Å². The topological polar surface area (TPSA) is 93.7 Å². The molecule has 2 aromatic rings. The van der Waals surface area contributed by atoms with E-state index in [1.54, 1.807) is 36.4 Å². The molecule has 0 aliphatic heterocycles. The molecule has 0 bridgehead atoms. The lowest BCUT2D eigenvalue weighted by Gasteiger charge is -2.10. The van der Waals surface area contributed by atoms with E-state index in [4.69, 9.17) is 32.7 Å². The second kappa shape index (κ2) is 10.5. The number of halogens is 2. The normalized spacial score (nSPS) is 10.1. The number of anilines is 2. The van der Waals surface area contributed by atoms with Gasteiger partial charge in [0.25, 0.3) is 5.91 Å². The summed E-state index contributed by atoms with van der Waals surface area (Å²) < 4.78 is 9.99. The quantitative estimate of drug-likeness (QED) is 0.626. The number of amides is 2. The molecule has 148 valence electrons. The predicted octanol–water partition coefficient (Wildman–Crippen LogP) is 3.90. The van der Waals surface area contributed by atoms with E-state index < -0.39 is 24.4 Å². The first-order chi connectivity index (χ1) is 13.4. The van der Waals surface area contributed by atoms with Gasteiger partial charge in [-0.15, -0.1) is 0 Å². The van der Waals surface area contributed by atoms with Gasteiger partial charge >= 0.3 is 5.97 Å². The zero-order chi connectivity index (χ0) is 20.5. The average Bonchev–Trinajstić information content (AvgIpc) is 2.67. The van der Waals surface area contributed by atoms with E-state index >= 15 is 0 Å². The van der Waals surface area contributed by atoms with Gasteiger partial charge in [-0.05, 0) is 42.5 Å². The van der Waals surface area contributed by atoms with Crippen LogP contribution in [0.2, 0.25) is 10.0 Å². The fraction of sp³-hybridized carbons (Fsp3) is 0.211. The third-order valence-corrected chi connectivity index (χ3v) is 3.97. The number of methoxy groups -OCH3 is 1. The Morgan fingerprint density at radius 2 is 1.57 bits per heavy atom. The van der Waals surface area contributed by atoms with Crippen molar-refractivity contribution in [1.82, 2.24) is 0 Å². The predicted molar refractivity (Wildman–Crippen MR) is 107 cm³/mol. The van der Waals surface area contributed by atoms with Crippen LogP contribution in [0.25, 0.3) is 0 Å². The molecule has 0 radical (unpaired) electrons. The summed E-state index contributed by atoms with van der Waals surface area (Å²) in [6.07, 6.45) is -0.295. The maximum Gasteiger partial charge on any atom is 0.306 e. The molecule has 9 heteroatoms. The zero-order valence-corrected chi connectivity index (χ0v) is 16.5. The van der Waals surface area contributed by atoms with Crippen molar-refractivity contribution >= 4 is 52.4 Å². The second-order valence-corrected chi connectivity index (χ2v) is 6.48. The minimum absolute atomic E-state index is 0.118. The Morgan fingerprint density at radius 3 is 2.25 bits per heavy atom. The first kappa shape index (κ1) is 21.5. The number of hydrogen-bond donors (Lipinski definition) is 2. The number of esters is 1. The lowest BCUT2D eigenvalue weighted by Crippen LogP contribution is -2.21. The number of ether oxygens (including phenoxy) is 2. The Balaban J connectivity index is 1.73. The molecule has 0 aliphatic rings. The van der Waals surface area contributed by atoms with Gasteiger partial charge in [0.05, 0.1) is 19.2 Å². The molecule has 0 saturated carbocycles. The van der Waals surface area contributed by atoms with Gasteiger partial charge in [-0.2, -0.15) is 0 Å². The smallest absolute Gasteiger partial charge is 0.306 e. The minimum atomic E-state index is -0.667. The van der Waals surface area contributed by atoms with Crippen molar-refractivity contribution in [3.8, 4) is 5.75 Å². The maximum absolute atomic E-state index is 12.0. The highest BCUT2D eigenvalue weighted by atomic mass is 35.5. The molecule has 0 atom stereocenters. The van der Waals surface area contributed by atoms with Gasteiger partial charge in [-0.1, -0.05) is 23.2 Å². The van der Waals surface area contributed by atoms with Crippen molar-refractivity contribution in [3.05, 3.63) is 52.5 Å². The van der Waals surface area contributed by atoms with Gasteiger partial charge < -0.3 is 20.1 Å². The second-order valence-electron chi connectivity index (χ2n) is 5.61.